The SMILES string of the molecule is C[C](CC(=O)C(N)=O)c1cccc(Br)c1. The van der Waals surface area contributed by atoms with Gasteiger partial charge in [0.2, 0.25) is 5.78 Å². The first kappa shape index (κ1) is 11.9. The van der Waals surface area contributed by atoms with Crippen molar-refractivity contribution in [2.75, 3.05) is 0 Å². The van der Waals surface area contributed by atoms with Gasteiger partial charge in [-0.1, -0.05) is 35.0 Å². The zero-order chi connectivity index (χ0) is 11.4. The van der Waals surface area contributed by atoms with Crippen molar-refractivity contribution in [1.29, 1.82) is 0 Å². The molecule has 1 aromatic carbocycles. The van der Waals surface area contributed by atoms with Crippen LogP contribution in [-0.4, -0.2) is 11.7 Å². The molecule has 0 unspecified atom stereocenters. The summed E-state index contributed by atoms with van der Waals surface area (Å²) < 4.78 is 0.936. The van der Waals surface area contributed by atoms with Gasteiger partial charge in [0, 0.05) is 16.8 Å². The summed E-state index contributed by atoms with van der Waals surface area (Å²) in [5.74, 6) is -0.614. The van der Waals surface area contributed by atoms with Gasteiger partial charge in [-0.05, 0) is 17.7 Å². The van der Waals surface area contributed by atoms with Crippen LogP contribution in [0.4, 0.5) is 0 Å². The molecule has 1 radical (unpaired) electrons. The summed E-state index contributed by atoms with van der Waals surface area (Å²) in [4.78, 5) is 21.7. The molecule has 4 heteroatoms. The predicted molar refractivity (Wildman–Crippen MR) is 61.0 cm³/mol. The monoisotopic (exact) mass is 268 g/mol. The maximum Gasteiger partial charge on any atom is 0.284 e. The van der Waals surface area contributed by atoms with Crippen LogP contribution in [0.3, 0.4) is 0 Å². The van der Waals surface area contributed by atoms with Crippen LogP contribution in [0.1, 0.15) is 18.9 Å². The van der Waals surface area contributed by atoms with E-state index in [9.17, 15) is 9.59 Å². The van der Waals surface area contributed by atoms with Crippen molar-refractivity contribution in [3.8, 4) is 0 Å². The summed E-state index contributed by atoms with van der Waals surface area (Å²) in [6.07, 6.45) is 0.0752. The standard InChI is InChI=1S/C11H11BrNO2/c1-7(5-10(14)11(13)15)8-3-2-4-9(12)6-8/h2-4,6H,5H2,1H3,(H2,13,15). The lowest BCUT2D eigenvalue weighted by Gasteiger charge is -2.09. The summed E-state index contributed by atoms with van der Waals surface area (Å²) in [7, 11) is 0. The highest BCUT2D eigenvalue weighted by molar-refractivity contribution is 9.10. The Bertz CT molecular complexity index is 390. The topological polar surface area (TPSA) is 60.2 Å². The Morgan fingerprint density at radius 2 is 2.07 bits per heavy atom. The number of carbonyl (C=O) groups is 2. The molecule has 0 aliphatic rings. The molecule has 0 aliphatic carbocycles. The average molecular weight is 269 g/mol. The first-order valence-electron chi connectivity index (χ1n) is 4.41. The zero-order valence-corrected chi connectivity index (χ0v) is 9.87. The van der Waals surface area contributed by atoms with Gasteiger partial charge in [0.1, 0.15) is 0 Å². The summed E-state index contributed by atoms with van der Waals surface area (Å²) in [6.45, 7) is 1.81. The van der Waals surface area contributed by atoms with E-state index in [1.165, 1.54) is 0 Å². The van der Waals surface area contributed by atoms with Gasteiger partial charge < -0.3 is 5.73 Å². The molecule has 0 spiro atoms. The Hall–Kier alpha value is -1.16. The molecular weight excluding hydrogens is 258 g/mol. The van der Waals surface area contributed by atoms with Crippen LogP contribution in [-0.2, 0) is 9.59 Å². The molecule has 79 valence electrons. The second-order valence-corrected chi connectivity index (χ2v) is 4.17. The summed E-state index contributed by atoms with van der Waals surface area (Å²) >= 11 is 3.34. The first-order valence-corrected chi connectivity index (χ1v) is 5.21. The van der Waals surface area contributed by atoms with Gasteiger partial charge in [-0.15, -0.1) is 0 Å². The minimum atomic E-state index is -0.885. The minimum Gasteiger partial charge on any atom is -0.363 e. The fourth-order valence-corrected chi connectivity index (χ4v) is 1.58. The first-order chi connectivity index (χ1) is 7.00. The van der Waals surface area contributed by atoms with Crippen molar-refractivity contribution in [3.63, 3.8) is 0 Å². The Morgan fingerprint density at radius 3 is 2.60 bits per heavy atom. The van der Waals surface area contributed by atoms with Crippen molar-refractivity contribution in [2.45, 2.75) is 13.3 Å². The zero-order valence-electron chi connectivity index (χ0n) is 8.29. The van der Waals surface area contributed by atoms with Crippen molar-refractivity contribution < 1.29 is 9.59 Å². The van der Waals surface area contributed by atoms with E-state index in [2.05, 4.69) is 15.9 Å². The van der Waals surface area contributed by atoms with E-state index in [1.54, 1.807) is 0 Å². The third kappa shape index (κ3) is 3.47. The van der Waals surface area contributed by atoms with E-state index in [0.717, 1.165) is 16.0 Å². The number of benzene rings is 1. The molecule has 1 rings (SSSR count). The van der Waals surface area contributed by atoms with E-state index in [0.29, 0.717) is 0 Å². The fourth-order valence-electron chi connectivity index (χ4n) is 1.18. The predicted octanol–water partition coefficient (Wildman–Crippen LogP) is 1.84. The number of nitrogens with two attached hydrogens (primary N) is 1. The number of amides is 1. The van der Waals surface area contributed by atoms with Crippen molar-refractivity contribution >= 4 is 27.6 Å². The van der Waals surface area contributed by atoms with Crippen LogP contribution in [0.5, 0.6) is 0 Å². The van der Waals surface area contributed by atoms with E-state index >= 15 is 0 Å². The normalized spacial score (nSPS) is 10.3. The van der Waals surface area contributed by atoms with Gasteiger partial charge in [-0.3, -0.25) is 9.59 Å². The van der Waals surface area contributed by atoms with Gasteiger partial charge >= 0.3 is 0 Å². The van der Waals surface area contributed by atoms with Gasteiger partial charge in [0.25, 0.3) is 5.91 Å². The Labute approximate surface area is 96.8 Å². The third-order valence-corrected chi connectivity index (χ3v) is 2.51. The number of carbonyl (C=O) groups excluding carboxylic acids is 2. The van der Waals surface area contributed by atoms with E-state index < -0.39 is 11.7 Å². The van der Waals surface area contributed by atoms with Crippen molar-refractivity contribution in [1.82, 2.24) is 0 Å². The summed E-state index contributed by atoms with van der Waals surface area (Å²) in [6, 6.07) is 7.54. The van der Waals surface area contributed by atoms with Gasteiger partial charge in [0.15, 0.2) is 0 Å². The maximum absolute atomic E-state index is 11.1. The van der Waals surface area contributed by atoms with Gasteiger partial charge in [0.05, 0.1) is 0 Å². The number of rotatable bonds is 4. The van der Waals surface area contributed by atoms with Gasteiger partial charge in [-0.25, -0.2) is 0 Å². The lowest BCUT2D eigenvalue weighted by atomic mass is 9.96. The molecule has 0 aromatic heterocycles. The van der Waals surface area contributed by atoms with Crippen LogP contribution >= 0.6 is 15.9 Å². The lowest BCUT2D eigenvalue weighted by Crippen LogP contribution is -2.24. The van der Waals surface area contributed by atoms with Crippen LogP contribution in [0.25, 0.3) is 0 Å². The average Bonchev–Trinajstić information content (AvgIpc) is 2.17. The van der Waals surface area contributed by atoms with Gasteiger partial charge in [-0.2, -0.15) is 0 Å². The Balaban J connectivity index is 2.73. The second-order valence-electron chi connectivity index (χ2n) is 3.25. The number of ketones is 1. The van der Waals surface area contributed by atoms with Crippen LogP contribution in [0, 0.1) is 5.92 Å². The van der Waals surface area contributed by atoms with Crippen LogP contribution in [0.2, 0.25) is 0 Å². The highest BCUT2D eigenvalue weighted by atomic mass is 79.9. The molecule has 15 heavy (non-hydrogen) atoms. The molecule has 0 saturated heterocycles. The molecule has 0 fully saturated rings. The fraction of sp³-hybridized carbons (Fsp3) is 0.182. The Morgan fingerprint density at radius 1 is 1.40 bits per heavy atom. The molecule has 0 aliphatic heterocycles. The molecule has 1 amide bonds. The number of primary amides is 1. The molecular formula is C11H11BrNO2. The molecule has 1 aromatic rings. The van der Waals surface area contributed by atoms with E-state index in [1.807, 2.05) is 31.2 Å². The maximum atomic E-state index is 11.1. The third-order valence-electron chi connectivity index (χ3n) is 2.02. The summed E-state index contributed by atoms with van der Waals surface area (Å²) in [5.41, 5.74) is 5.81. The number of halogens is 1. The largest absolute Gasteiger partial charge is 0.363 e. The molecule has 2 N–H and O–H groups in total. The lowest BCUT2D eigenvalue weighted by molar-refractivity contribution is -0.135. The number of hydrogen-bond acceptors (Lipinski definition) is 2. The smallest absolute Gasteiger partial charge is 0.284 e. The summed E-state index contributed by atoms with van der Waals surface area (Å²) in [5, 5.41) is 0. The molecule has 0 saturated carbocycles. The van der Waals surface area contributed by atoms with Crippen molar-refractivity contribution in [2.24, 2.45) is 5.73 Å². The molecule has 3 nitrogen and oxygen atoms in total. The Kier molecular flexibility index (Phi) is 4.03. The van der Waals surface area contributed by atoms with E-state index in [4.69, 9.17) is 5.73 Å². The highest BCUT2D eigenvalue weighted by Gasteiger charge is 2.15. The minimum absolute atomic E-state index is 0.0752. The second kappa shape index (κ2) is 5.07. The highest BCUT2D eigenvalue weighted by Crippen LogP contribution is 2.21. The number of Topliss-reactive ketones (excluding diaryl/α,β-unsaturated/α-hetero) is 1. The van der Waals surface area contributed by atoms with Crippen LogP contribution < -0.4 is 5.73 Å². The molecule has 0 heterocycles. The molecule has 0 atom stereocenters. The van der Waals surface area contributed by atoms with Crippen LogP contribution in [0.15, 0.2) is 28.7 Å². The van der Waals surface area contributed by atoms with Crippen molar-refractivity contribution in [3.05, 3.63) is 40.2 Å². The van der Waals surface area contributed by atoms with E-state index in [-0.39, 0.29) is 6.42 Å². The quantitative estimate of drug-likeness (QED) is 0.848. The molecule has 0 bridgehead atoms. The number of hydrogen-bond donors (Lipinski definition) is 1.